The van der Waals surface area contributed by atoms with Crippen LogP contribution in [-0.2, 0) is 0 Å². The van der Waals surface area contributed by atoms with Gasteiger partial charge in [-0.05, 0) is 5.56 Å². The number of rotatable bonds is 3. The maximum atomic E-state index is 13.2. The maximum Gasteiger partial charge on any atom is 0.128 e. The van der Waals surface area contributed by atoms with Crippen LogP contribution in [0.2, 0.25) is 0 Å². The minimum Gasteiger partial charge on any atom is -0.316 e. The summed E-state index contributed by atoms with van der Waals surface area (Å²) < 4.78 is 13.2. The van der Waals surface area contributed by atoms with Gasteiger partial charge in [-0.25, -0.2) is 4.39 Å². The summed E-state index contributed by atoms with van der Waals surface area (Å²) in [6.45, 7) is 0. The van der Waals surface area contributed by atoms with E-state index in [2.05, 4.69) is 0 Å². The van der Waals surface area contributed by atoms with Crippen molar-refractivity contribution >= 4 is 0 Å². The Morgan fingerprint density at radius 3 is 2.25 bits per heavy atom. The van der Waals surface area contributed by atoms with Crippen molar-refractivity contribution in [3.63, 3.8) is 0 Å². The molecule has 0 fully saturated rings. The Labute approximate surface area is 71.4 Å². The van der Waals surface area contributed by atoms with Gasteiger partial charge in [-0.2, -0.15) is 0 Å². The van der Waals surface area contributed by atoms with E-state index in [1.54, 1.807) is 24.3 Å². The lowest BCUT2D eigenvalue weighted by molar-refractivity contribution is 0.304. The lowest BCUT2D eigenvalue weighted by Crippen LogP contribution is -2.31. The first-order chi connectivity index (χ1) is 5.70. The van der Waals surface area contributed by atoms with Gasteiger partial charge in [0.1, 0.15) is 6.17 Å². The van der Waals surface area contributed by atoms with Crippen LogP contribution >= 0.6 is 0 Å². The minimum absolute atomic E-state index is 0.171. The molecule has 66 valence electrons. The first kappa shape index (κ1) is 9.16. The number of alkyl halides is 1. The van der Waals surface area contributed by atoms with Crippen LogP contribution in [0.4, 0.5) is 4.39 Å². The summed E-state index contributed by atoms with van der Waals surface area (Å²) in [5.41, 5.74) is 11.2. The Balaban J connectivity index is 2.59. The van der Waals surface area contributed by atoms with Gasteiger partial charge in [-0.3, -0.25) is 0 Å². The van der Waals surface area contributed by atoms with E-state index in [4.69, 9.17) is 11.5 Å². The zero-order chi connectivity index (χ0) is 8.97. The Morgan fingerprint density at radius 2 is 1.75 bits per heavy atom. The Hall–Kier alpha value is -0.930. The molecule has 2 nitrogen and oxygen atoms in total. The van der Waals surface area contributed by atoms with Crippen LogP contribution in [0.1, 0.15) is 18.2 Å². The van der Waals surface area contributed by atoms with Crippen LogP contribution < -0.4 is 11.5 Å². The molecule has 0 aliphatic heterocycles. The van der Waals surface area contributed by atoms with Crippen molar-refractivity contribution in [1.29, 1.82) is 0 Å². The molecule has 0 saturated carbocycles. The molecule has 4 N–H and O–H groups in total. The van der Waals surface area contributed by atoms with Gasteiger partial charge in [-0.1, -0.05) is 30.3 Å². The monoisotopic (exact) mass is 168 g/mol. The summed E-state index contributed by atoms with van der Waals surface area (Å²) in [7, 11) is 0. The maximum absolute atomic E-state index is 13.2. The van der Waals surface area contributed by atoms with Crippen LogP contribution in [0.5, 0.6) is 0 Å². The molecule has 0 saturated heterocycles. The number of nitrogens with two attached hydrogens (primary N) is 2. The third-order valence-electron chi connectivity index (χ3n) is 1.64. The van der Waals surface area contributed by atoms with Crippen molar-refractivity contribution in [1.82, 2.24) is 0 Å². The third kappa shape index (κ3) is 2.60. The minimum atomic E-state index is -1.05. The predicted molar refractivity (Wildman–Crippen MR) is 47.1 cm³/mol. The van der Waals surface area contributed by atoms with E-state index in [1.165, 1.54) is 0 Å². The quantitative estimate of drug-likeness (QED) is 0.669. The van der Waals surface area contributed by atoms with Crippen LogP contribution in [0.3, 0.4) is 0 Å². The van der Waals surface area contributed by atoms with Gasteiger partial charge in [-0.15, -0.1) is 0 Å². The van der Waals surface area contributed by atoms with Crippen LogP contribution in [0.25, 0.3) is 0 Å². The van der Waals surface area contributed by atoms with E-state index in [-0.39, 0.29) is 6.42 Å². The molecule has 0 amide bonds. The molecular weight excluding hydrogens is 155 g/mol. The average molecular weight is 168 g/mol. The fraction of sp³-hybridized carbons (Fsp3) is 0.333. The number of hydrogen-bond donors (Lipinski definition) is 2. The molecule has 0 radical (unpaired) electrons. The largest absolute Gasteiger partial charge is 0.316 e. The van der Waals surface area contributed by atoms with Crippen molar-refractivity contribution in [2.24, 2.45) is 11.5 Å². The first-order valence-electron chi connectivity index (χ1n) is 3.90. The summed E-state index contributed by atoms with van der Waals surface area (Å²) in [5, 5.41) is 0. The molecule has 1 unspecified atom stereocenters. The summed E-state index contributed by atoms with van der Waals surface area (Å²) in [4.78, 5) is 0. The Kier molecular flexibility index (Phi) is 3.19. The van der Waals surface area contributed by atoms with Gasteiger partial charge < -0.3 is 11.5 Å². The summed E-state index contributed by atoms with van der Waals surface area (Å²) in [5.74, 6) is 0. The lowest BCUT2D eigenvalue weighted by atomic mass is 10.1. The standard InChI is InChI=1S/C9H13FN2/c10-8(6-9(11)12)7-4-2-1-3-5-7/h1-5,8-9H,6,11-12H2. The molecular formula is C9H13FN2. The van der Waals surface area contributed by atoms with Gasteiger partial charge in [0, 0.05) is 6.42 Å². The summed E-state index contributed by atoms with van der Waals surface area (Å²) >= 11 is 0. The van der Waals surface area contributed by atoms with Gasteiger partial charge >= 0.3 is 0 Å². The summed E-state index contributed by atoms with van der Waals surface area (Å²) in [6.07, 6.45) is -1.46. The van der Waals surface area contributed by atoms with E-state index in [9.17, 15) is 4.39 Å². The fourth-order valence-electron chi connectivity index (χ4n) is 1.04. The lowest BCUT2D eigenvalue weighted by Gasteiger charge is -2.10. The van der Waals surface area contributed by atoms with Crippen molar-refractivity contribution in [2.75, 3.05) is 0 Å². The second-order valence-electron chi connectivity index (χ2n) is 2.78. The molecule has 0 bridgehead atoms. The Bertz CT molecular complexity index is 223. The molecule has 0 heterocycles. The molecule has 0 aliphatic rings. The molecule has 0 spiro atoms. The molecule has 1 rings (SSSR count). The molecule has 1 aromatic carbocycles. The first-order valence-corrected chi connectivity index (χ1v) is 3.90. The van der Waals surface area contributed by atoms with Crippen molar-refractivity contribution < 1.29 is 4.39 Å². The highest BCUT2D eigenvalue weighted by atomic mass is 19.1. The highest BCUT2D eigenvalue weighted by Gasteiger charge is 2.10. The van der Waals surface area contributed by atoms with E-state index in [0.29, 0.717) is 5.56 Å². The molecule has 12 heavy (non-hydrogen) atoms. The number of halogens is 1. The average Bonchev–Trinajstić information content (AvgIpc) is 2.05. The Morgan fingerprint density at radius 1 is 1.17 bits per heavy atom. The highest BCUT2D eigenvalue weighted by Crippen LogP contribution is 2.20. The molecule has 0 aromatic heterocycles. The summed E-state index contributed by atoms with van der Waals surface area (Å²) in [6, 6.07) is 8.90. The van der Waals surface area contributed by atoms with E-state index >= 15 is 0 Å². The van der Waals surface area contributed by atoms with E-state index in [1.807, 2.05) is 6.07 Å². The molecule has 1 aromatic rings. The van der Waals surface area contributed by atoms with Gasteiger partial charge in [0.15, 0.2) is 0 Å². The van der Waals surface area contributed by atoms with Gasteiger partial charge in [0.25, 0.3) is 0 Å². The fourth-order valence-corrected chi connectivity index (χ4v) is 1.04. The van der Waals surface area contributed by atoms with Crippen molar-refractivity contribution in [2.45, 2.75) is 18.8 Å². The highest BCUT2D eigenvalue weighted by molar-refractivity contribution is 5.17. The van der Waals surface area contributed by atoms with Crippen molar-refractivity contribution in [3.05, 3.63) is 35.9 Å². The molecule has 3 heteroatoms. The smallest absolute Gasteiger partial charge is 0.128 e. The molecule has 0 aliphatic carbocycles. The van der Waals surface area contributed by atoms with Crippen molar-refractivity contribution in [3.8, 4) is 0 Å². The molecule has 1 atom stereocenters. The zero-order valence-electron chi connectivity index (χ0n) is 6.78. The van der Waals surface area contributed by atoms with E-state index < -0.39 is 12.3 Å². The number of hydrogen-bond acceptors (Lipinski definition) is 2. The predicted octanol–water partition coefficient (Wildman–Crippen LogP) is 1.33. The normalized spacial score (nSPS) is 13.3. The zero-order valence-corrected chi connectivity index (χ0v) is 6.78. The third-order valence-corrected chi connectivity index (χ3v) is 1.64. The number of benzene rings is 1. The van der Waals surface area contributed by atoms with Crippen LogP contribution in [-0.4, -0.2) is 6.17 Å². The van der Waals surface area contributed by atoms with Gasteiger partial charge in [0.2, 0.25) is 0 Å². The van der Waals surface area contributed by atoms with Crippen LogP contribution in [0.15, 0.2) is 30.3 Å². The second-order valence-corrected chi connectivity index (χ2v) is 2.78. The second kappa shape index (κ2) is 4.18. The van der Waals surface area contributed by atoms with E-state index in [0.717, 1.165) is 0 Å². The van der Waals surface area contributed by atoms with Gasteiger partial charge in [0.05, 0.1) is 6.17 Å². The van der Waals surface area contributed by atoms with Crippen LogP contribution in [0, 0.1) is 0 Å². The SMILES string of the molecule is NC(N)CC(F)c1ccccc1. The topological polar surface area (TPSA) is 52.0 Å².